The van der Waals surface area contributed by atoms with Gasteiger partial charge >= 0.3 is 6.09 Å². The number of hydrogen-bond acceptors (Lipinski definition) is 10. The number of rotatable bonds is 6. The van der Waals surface area contributed by atoms with E-state index in [1.807, 2.05) is 0 Å². The molecule has 3 unspecified atom stereocenters. The number of carbonyl (C=O) groups is 1. The maximum absolute atomic E-state index is 12.4. The highest BCUT2D eigenvalue weighted by Gasteiger charge is 2.37. The summed E-state index contributed by atoms with van der Waals surface area (Å²) < 4.78 is 12.6. The minimum absolute atomic E-state index is 0.0446. The number of nitrogens with one attached hydrogen (secondary N) is 1. The molecule has 3 fully saturated rings. The fourth-order valence-electron chi connectivity index (χ4n) is 4.99. The van der Waals surface area contributed by atoms with E-state index in [-0.39, 0.29) is 18.5 Å². The number of nitrogens with two attached hydrogens (primary N) is 1. The van der Waals surface area contributed by atoms with E-state index in [1.165, 1.54) is 6.33 Å². The number of aryl methyl sites for hydroxylation is 1. The number of aromatic nitrogens is 4. The molecule has 0 radical (unpaired) electrons. The van der Waals surface area contributed by atoms with Crippen molar-refractivity contribution in [2.45, 2.75) is 50.5 Å². The van der Waals surface area contributed by atoms with Crippen molar-refractivity contribution in [3.8, 4) is 0 Å². The Morgan fingerprint density at radius 2 is 2.06 bits per heavy atom. The Kier molecular flexibility index (Phi) is 6.82. The highest BCUT2D eigenvalue weighted by molar-refractivity contribution is 5.81. The molecule has 0 bridgehead atoms. The first-order chi connectivity index (χ1) is 16.5. The normalized spacial score (nSPS) is 28.1. The average molecular weight is 476 g/mol. The van der Waals surface area contributed by atoms with E-state index in [2.05, 4.69) is 20.3 Å². The van der Waals surface area contributed by atoms with Gasteiger partial charge in [-0.2, -0.15) is 0 Å². The minimum Gasteiger partial charge on any atom is -0.449 e. The van der Waals surface area contributed by atoms with Crippen LogP contribution in [0.25, 0.3) is 11.2 Å². The molecule has 0 aromatic carbocycles. The highest BCUT2D eigenvalue weighted by atomic mass is 16.6. The highest BCUT2D eigenvalue weighted by Crippen LogP contribution is 2.29. The molecule has 12 nitrogen and oxygen atoms in total. The Morgan fingerprint density at radius 3 is 2.76 bits per heavy atom. The lowest BCUT2D eigenvalue weighted by Gasteiger charge is -2.31. The molecule has 5 heterocycles. The second kappa shape index (κ2) is 9.98. The van der Waals surface area contributed by atoms with Gasteiger partial charge in [-0.25, -0.2) is 19.7 Å². The summed E-state index contributed by atoms with van der Waals surface area (Å²) in [6.07, 6.45) is 2.92. The van der Waals surface area contributed by atoms with Gasteiger partial charge in [-0.3, -0.25) is 4.57 Å². The molecule has 2 aromatic heterocycles. The first-order valence-electron chi connectivity index (χ1n) is 12.1. The van der Waals surface area contributed by atoms with Crippen molar-refractivity contribution < 1.29 is 24.5 Å². The SMILES string of the molecule is Nc1nc(CCC2CCN(C(=O)OCC3CCNC3)CC2)nc2c1ncn2[C@@H]1OCC(O)C1O. The number of aliphatic hydroxyl groups excluding tert-OH is 2. The third-order valence-electron chi connectivity index (χ3n) is 7.15. The fraction of sp³-hybridized carbons (Fsp3) is 0.727. The van der Waals surface area contributed by atoms with E-state index in [0.717, 1.165) is 38.8 Å². The number of imidazole rings is 1. The smallest absolute Gasteiger partial charge is 0.409 e. The maximum atomic E-state index is 12.4. The van der Waals surface area contributed by atoms with E-state index in [1.54, 1.807) is 9.47 Å². The van der Waals surface area contributed by atoms with Crippen LogP contribution in [-0.4, -0.2) is 92.3 Å². The Morgan fingerprint density at radius 1 is 1.24 bits per heavy atom. The maximum Gasteiger partial charge on any atom is 0.409 e. The van der Waals surface area contributed by atoms with Gasteiger partial charge in [-0.15, -0.1) is 0 Å². The zero-order chi connectivity index (χ0) is 23.7. The molecule has 2 aromatic rings. The van der Waals surface area contributed by atoms with Gasteiger partial charge in [0, 0.05) is 32.0 Å². The number of fused-ring (bicyclic) bond motifs is 1. The van der Waals surface area contributed by atoms with E-state index in [4.69, 9.17) is 15.2 Å². The van der Waals surface area contributed by atoms with Crippen LogP contribution in [-0.2, 0) is 15.9 Å². The van der Waals surface area contributed by atoms with Crippen molar-refractivity contribution >= 4 is 23.1 Å². The molecule has 4 atom stereocenters. The van der Waals surface area contributed by atoms with Crippen LogP contribution in [0.15, 0.2) is 6.33 Å². The number of nitrogens with zero attached hydrogens (tertiary/aromatic N) is 5. The summed E-state index contributed by atoms with van der Waals surface area (Å²) in [6.45, 7) is 3.84. The molecule has 0 spiro atoms. The van der Waals surface area contributed by atoms with Crippen LogP contribution in [0.5, 0.6) is 0 Å². The lowest BCUT2D eigenvalue weighted by molar-refractivity contribution is -0.0163. The number of carbonyl (C=O) groups excluding carboxylic acids is 1. The molecule has 34 heavy (non-hydrogen) atoms. The summed E-state index contributed by atoms with van der Waals surface area (Å²) in [7, 11) is 0. The molecule has 3 aliphatic heterocycles. The molecule has 0 aliphatic carbocycles. The van der Waals surface area contributed by atoms with Gasteiger partial charge in [0.05, 0.1) is 19.5 Å². The zero-order valence-electron chi connectivity index (χ0n) is 19.2. The first-order valence-corrected chi connectivity index (χ1v) is 12.1. The lowest BCUT2D eigenvalue weighted by atomic mass is 9.92. The van der Waals surface area contributed by atoms with Crippen LogP contribution in [0.4, 0.5) is 10.6 Å². The molecule has 0 saturated carbocycles. The van der Waals surface area contributed by atoms with Gasteiger partial charge in [-0.05, 0) is 38.1 Å². The molecule has 3 aliphatic rings. The van der Waals surface area contributed by atoms with Crippen molar-refractivity contribution in [2.24, 2.45) is 11.8 Å². The van der Waals surface area contributed by atoms with Gasteiger partial charge in [0.1, 0.15) is 23.5 Å². The molecular weight excluding hydrogens is 442 g/mol. The van der Waals surface area contributed by atoms with Crippen molar-refractivity contribution in [1.29, 1.82) is 0 Å². The van der Waals surface area contributed by atoms with Crippen LogP contribution in [0, 0.1) is 11.8 Å². The molecule has 12 heteroatoms. The third-order valence-corrected chi connectivity index (χ3v) is 7.15. The van der Waals surface area contributed by atoms with Crippen LogP contribution in [0.1, 0.15) is 37.7 Å². The van der Waals surface area contributed by atoms with Gasteiger partial charge in [0.15, 0.2) is 17.7 Å². The largest absolute Gasteiger partial charge is 0.449 e. The Labute approximate surface area is 197 Å². The molecule has 3 saturated heterocycles. The number of nitrogen functional groups attached to an aromatic ring is 1. The van der Waals surface area contributed by atoms with E-state index in [0.29, 0.717) is 54.9 Å². The van der Waals surface area contributed by atoms with Gasteiger partial charge in [0.2, 0.25) is 0 Å². The van der Waals surface area contributed by atoms with Gasteiger partial charge in [0.25, 0.3) is 0 Å². The minimum atomic E-state index is -1.07. The van der Waals surface area contributed by atoms with E-state index < -0.39 is 18.4 Å². The third kappa shape index (κ3) is 4.81. The molecule has 186 valence electrons. The van der Waals surface area contributed by atoms with Gasteiger partial charge in [-0.1, -0.05) is 0 Å². The van der Waals surface area contributed by atoms with Crippen LogP contribution in [0.3, 0.4) is 0 Å². The average Bonchev–Trinajstić information content (AvgIpc) is 3.58. The quantitative estimate of drug-likeness (QED) is 0.449. The van der Waals surface area contributed by atoms with Crippen LogP contribution >= 0.6 is 0 Å². The summed E-state index contributed by atoms with van der Waals surface area (Å²) in [4.78, 5) is 27.5. The number of likely N-dealkylation sites (tertiary alicyclic amines) is 1. The Hall–Kier alpha value is -2.54. The number of piperidine rings is 1. The molecule has 1 amide bonds. The fourth-order valence-corrected chi connectivity index (χ4v) is 4.99. The topological polar surface area (TPSA) is 161 Å². The summed E-state index contributed by atoms with van der Waals surface area (Å²) in [5.74, 6) is 1.77. The molecule has 5 N–H and O–H groups in total. The Balaban J connectivity index is 1.15. The number of ether oxygens (including phenoxy) is 2. The second-order valence-electron chi connectivity index (χ2n) is 9.54. The number of hydrogen-bond donors (Lipinski definition) is 4. The monoisotopic (exact) mass is 475 g/mol. The summed E-state index contributed by atoms with van der Waals surface area (Å²) in [6, 6.07) is 0. The predicted octanol–water partition coefficient (Wildman–Crippen LogP) is 0.0498. The zero-order valence-corrected chi connectivity index (χ0v) is 19.2. The number of aliphatic hydroxyl groups is 2. The van der Waals surface area contributed by atoms with Crippen molar-refractivity contribution in [3.05, 3.63) is 12.2 Å². The Bertz CT molecular complexity index is 1000. The van der Waals surface area contributed by atoms with Crippen molar-refractivity contribution in [1.82, 2.24) is 29.7 Å². The summed E-state index contributed by atoms with van der Waals surface area (Å²) >= 11 is 0. The first kappa shape index (κ1) is 23.2. The van der Waals surface area contributed by atoms with Crippen molar-refractivity contribution in [3.63, 3.8) is 0 Å². The van der Waals surface area contributed by atoms with Crippen LogP contribution in [0.2, 0.25) is 0 Å². The number of amides is 1. The van der Waals surface area contributed by atoms with Gasteiger partial charge < -0.3 is 35.6 Å². The second-order valence-corrected chi connectivity index (χ2v) is 9.54. The molecule has 5 rings (SSSR count). The number of anilines is 1. The standard InChI is InChI=1S/C22H33N7O5/c23-19-17-20(29(12-25-17)21-18(31)15(30)11-33-21)27-16(26-19)2-1-13-4-7-28(8-5-13)22(32)34-10-14-3-6-24-9-14/h12-15,18,21,24,30-31H,1-11H2,(H2,23,26,27)/t14?,15?,18?,21-/m1/s1. The van der Waals surface area contributed by atoms with Crippen molar-refractivity contribution in [2.75, 3.05) is 45.1 Å². The molecular formula is C22H33N7O5. The van der Waals surface area contributed by atoms with Crippen LogP contribution < -0.4 is 11.1 Å². The predicted molar refractivity (Wildman–Crippen MR) is 122 cm³/mol. The van der Waals surface area contributed by atoms with E-state index >= 15 is 0 Å². The summed E-state index contributed by atoms with van der Waals surface area (Å²) in [5.41, 5.74) is 7.05. The van der Waals surface area contributed by atoms with E-state index in [9.17, 15) is 15.0 Å². The summed E-state index contributed by atoms with van der Waals surface area (Å²) in [5, 5.41) is 23.3. The lowest BCUT2D eigenvalue weighted by Crippen LogP contribution is -2.39.